The Morgan fingerprint density at radius 2 is 1.12 bits per heavy atom. The van der Waals surface area contributed by atoms with Gasteiger partial charge in [0.05, 0.1) is 6.04 Å². The summed E-state index contributed by atoms with van der Waals surface area (Å²) in [5.74, 6) is -0.127. The number of nitrogens with two attached hydrogens (primary N) is 1. The SMILES string of the molecule is CCCCCCCCCCCCCCCCCC(C(N)=O)N1CC1. The molecule has 1 heterocycles. The van der Waals surface area contributed by atoms with E-state index >= 15 is 0 Å². The molecule has 0 bridgehead atoms. The number of hydrogen-bond acceptors (Lipinski definition) is 2. The van der Waals surface area contributed by atoms with Gasteiger partial charge in [0.1, 0.15) is 0 Å². The summed E-state index contributed by atoms with van der Waals surface area (Å²) < 4.78 is 0. The molecule has 1 aliphatic heterocycles. The lowest BCUT2D eigenvalue weighted by molar-refractivity contribution is -0.121. The Bertz CT molecular complexity index is 302. The number of primary amides is 1. The molecular formula is C21H42N2O. The molecule has 1 atom stereocenters. The van der Waals surface area contributed by atoms with Crippen LogP contribution in [-0.4, -0.2) is 29.9 Å². The first kappa shape index (κ1) is 21.5. The van der Waals surface area contributed by atoms with Gasteiger partial charge in [-0.2, -0.15) is 0 Å². The minimum absolute atomic E-state index is 0.0203. The van der Waals surface area contributed by atoms with Crippen LogP contribution in [0.3, 0.4) is 0 Å². The van der Waals surface area contributed by atoms with Crippen LogP contribution in [0.5, 0.6) is 0 Å². The molecule has 1 fully saturated rings. The van der Waals surface area contributed by atoms with Crippen molar-refractivity contribution in [3.8, 4) is 0 Å². The van der Waals surface area contributed by atoms with Crippen molar-refractivity contribution in [2.75, 3.05) is 13.1 Å². The van der Waals surface area contributed by atoms with Crippen molar-refractivity contribution in [2.24, 2.45) is 5.73 Å². The highest BCUT2D eigenvalue weighted by atomic mass is 16.1. The smallest absolute Gasteiger partial charge is 0.234 e. The topological polar surface area (TPSA) is 46.1 Å². The van der Waals surface area contributed by atoms with E-state index in [1.807, 2.05) is 0 Å². The van der Waals surface area contributed by atoms with Crippen LogP contribution in [0.25, 0.3) is 0 Å². The van der Waals surface area contributed by atoms with Crippen LogP contribution in [0, 0.1) is 0 Å². The lowest BCUT2D eigenvalue weighted by Gasteiger charge is -2.13. The summed E-state index contributed by atoms with van der Waals surface area (Å²) >= 11 is 0. The summed E-state index contributed by atoms with van der Waals surface area (Å²) in [5, 5.41) is 0. The van der Waals surface area contributed by atoms with E-state index in [0.29, 0.717) is 0 Å². The molecule has 0 aromatic carbocycles. The fourth-order valence-electron chi connectivity index (χ4n) is 3.58. The molecule has 3 nitrogen and oxygen atoms in total. The minimum Gasteiger partial charge on any atom is -0.368 e. The van der Waals surface area contributed by atoms with Crippen molar-refractivity contribution in [3.05, 3.63) is 0 Å². The Morgan fingerprint density at radius 1 is 0.750 bits per heavy atom. The van der Waals surface area contributed by atoms with Crippen molar-refractivity contribution in [3.63, 3.8) is 0 Å². The monoisotopic (exact) mass is 338 g/mol. The van der Waals surface area contributed by atoms with Gasteiger partial charge in [-0.1, -0.05) is 103 Å². The molecule has 1 aliphatic rings. The van der Waals surface area contributed by atoms with Gasteiger partial charge in [0.2, 0.25) is 5.91 Å². The van der Waals surface area contributed by atoms with Crippen LogP contribution in [0.1, 0.15) is 110 Å². The Balaban J connectivity index is 1.74. The van der Waals surface area contributed by atoms with Crippen molar-refractivity contribution in [1.82, 2.24) is 4.90 Å². The van der Waals surface area contributed by atoms with E-state index in [4.69, 9.17) is 5.73 Å². The average molecular weight is 339 g/mol. The van der Waals surface area contributed by atoms with Gasteiger partial charge < -0.3 is 5.73 Å². The van der Waals surface area contributed by atoms with E-state index < -0.39 is 0 Å². The van der Waals surface area contributed by atoms with Crippen LogP contribution in [0.2, 0.25) is 0 Å². The number of rotatable bonds is 18. The van der Waals surface area contributed by atoms with Gasteiger partial charge in [-0.05, 0) is 6.42 Å². The summed E-state index contributed by atoms with van der Waals surface area (Å²) in [6, 6.07) is 0.0203. The van der Waals surface area contributed by atoms with Crippen LogP contribution < -0.4 is 5.73 Å². The number of unbranched alkanes of at least 4 members (excludes halogenated alkanes) is 14. The molecule has 0 saturated carbocycles. The van der Waals surface area contributed by atoms with Crippen molar-refractivity contribution in [1.29, 1.82) is 0 Å². The molecule has 0 aromatic heterocycles. The van der Waals surface area contributed by atoms with Crippen LogP contribution in [-0.2, 0) is 4.79 Å². The quantitative estimate of drug-likeness (QED) is 0.268. The zero-order chi connectivity index (χ0) is 17.5. The fraction of sp³-hybridized carbons (Fsp3) is 0.952. The molecule has 2 N–H and O–H groups in total. The highest BCUT2D eigenvalue weighted by Crippen LogP contribution is 2.18. The summed E-state index contributed by atoms with van der Waals surface area (Å²) in [6.07, 6.45) is 21.7. The third-order valence-electron chi connectivity index (χ3n) is 5.33. The van der Waals surface area contributed by atoms with Gasteiger partial charge in [-0.25, -0.2) is 0 Å². The Labute approximate surface area is 150 Å². The minimum atomic E-state index is -0.127. The second-order valence-corrected chi connectivity index (χ2v) is 7.69. The molecule has 1 unspecified atom stereocenters. The van der Waals surface area contributed by atoms with Crippen LogP contribution in [0.4, 0.5) is 0 Å². The van der Waals surface area contributed by atoms with Gasteiger partial charge in [0.15, 0.2) is 0 Å². The van der Waals surface area contributed by atoms with Gasteiger partial charge >= 0.3 is 0 Å². The standard InChI is InChI=1S/C21H42N2O/c1-2-3-4-5-6-7-8-9-10-11-12-13-14-15-16-17-20(21(22)24)23-18-19-23/h20H,2-19H2,1H3,(H2,22,24). The maximum Gasteiger partial charge on any atom is 0.234 e. The predicted octanol–water partition coefficient (Wildman–Crippen LogP) is 5.42. The average Bonchev–Trinajstić information content (AvgIpc) is 3.39. The summed E-state index contributed by atoms with van der Waals surface area (Å²) in [4.78, 5) is 13.5. The first-order chi connectivity index (χ1) is 11.8. The maximum atomic E-state index is 11.3. The number of hydrogen-bond donors (Lipinski definition) is 1. The number of carbonyl (C=O) groups excluding carboxylic acids is 1. The number of amides is 1. The largest absolute Gasteiger partial charge is 0.368 e. The molecule has 24 heavy (non-hydrogen) atoms. The molecule has 1 amide bonds. The molecule has 0 aromatic rings. The zero-order valence-electron chi connectivity index (χ0n) is 16.2. The maximum absolute atomic E-state index is 11.3. The number of carbonyl (C=O) groups is 1. The number of nitrogens with zero attached hydrogens (tertiary/aromatic N) is 1. The third-order valence-corrected chi connectivity index (χ3v) is 5.33. The van der Waals surface area contributed by atoms with E-state index in [1.165, 1.54) is 89.9 Å². The molecule has 0 spiro atoms. The molecule has 1 saturated heterocycles. The van der Waals surface area contributed by atoms with E-state index in [1.54, 1.807) is 0 Å². The normalized spacial score (nSPS) is 15.5. The third kappa shape index (κ3) is 11.9. The van der Waals surface area contributed by atoms with Crippen molar-refractivity contribution in [2.45, 2.75) is 116 Å². The lowest BCUT2D eigenvalue weighted by Crippen LogP contribution is -2.35. The molecular weight excluding hydrogens is 296 g/mol. The van der Waals surface area contributed by atoms with Crippen LogP contribution >= 0.6 is 0 Å². The van der Waals surface area contributed by atoms with E-state index in [9.17, 15) is 4.79 Å². The molecule has 0 radical (unpaired) electrons. The Morgan fingerprint density at radius 3 is 1.46 bits per heavy atom. The van der Waals surface area contributed by atoms with E-state index in [-0.39, 0.29) is 11.9 Å². The first-order valence-corrected chi connectivity index (χ1v) is 10.8. The molecule has 3 heteroatoms. The van der Waals surface area contributed by atoms with Crippen molar-refractivity contribution >= 4 is 5.91 Å². The lowest BCUT2D eigenvalue weighted by atomic mass is 10.0. The van der Waals surface area contributed by atoms with Gasteiger partial charge in [-0.3, -0.25) is 9.69 Å². The molecule has 0 aliphatic carbocycles. The highest BCUT2D eigenvalue weighted by Gasteiger charge is 2.30. The summed E-state index contributed by atoms with van der Waals surface area (Å²) in [7, 11) is 0. The second kappa shape index (κ2) is 14.7. The van der Waals surface area contributed by atoms with Crippen LogP contribution in [0.15, 0.2) is 0 Å². The Kier molecular flexibility index (Phi) is 13.2. The first-order valence-electron chi connectivity index (χ1n) is 10.8. The van der Waals surface area contributed by atoms with Gasteiger partial charge in [0, 0.05) is 13.1 Å². The summed E-state index contributed by atoms with van der Waals surface area (Å²) in [6.45, 7) is 4.41. The fourth-order valence-corrected chi connectivity index (χ4v) is 3.58. The molecule has 142 valence electrons. The Hall–Kier alpha value is -0.570. The van der Waals surface area contributed by atoms with E-state index in [2.05, 4.69) is 11.8 Å². The summed E-state index contributed by atoms with van der Waals surface area (Å²) in [5.41, 5.74) is 5.46. The van der Waals surface area contributed by atoms with Crippen molar-refractivity contribution < 1.29 is 4.79 Å². The zero-order valence-corrected chi connectivity index (χ0v) is 16.2. The predicted molar refractivity (Wildman–Crippen MR) is 104 cm³/mol. The highest BCUT2D eigenvalue weighted by molar-refractivity contribution is 5.80. The van der Waals surface area contributed by atoms with E-state index in [0.717, 1.165) is 25.9 Å². The van der Waals surface area contributed by atoms with Gasteiger partial charge in [0.25, 0.3) is 0 Å². The van der Waals surface area contributed by atoms with Gasteiger partial charge in [-0.15, -0.1) is 0 Å². The molecule has 1 rings (SSSR count). The second-order valence-electron chi connectivity index (χ2n) is 7.69.